The summed E-state index contributed by atoms with van der Waals surface area (Å²) in [5, 5.41) is 4.86. The maximum atomic E-state index is 12.7. The monoisotopic (exact) mass is 395 g/mol. The third kappa shape index (κ3) is 4.23. The zero-order valence-electron chi connectivity index (χ0n) is 16.5. The van der Waals surface area contributed by atoms with Gasteiger partial charge in [0, 0.05) is 11.3 Å². The first-order valence-electron chi connectivity index (χ1n) is 9.77. The van der Waals surface area contributed by atoms with Crippen LogP contribution < -0.4 is 5.32 Å². The standard InChI is InChI=1S/C26H21NO3/c1-18(30-26(29)22-16-15-19-9-5-6-12-21(19)17-22)25(28)27-24-14-8-7-13-23(24)20-10-3-2-4-11-20/h2-18H,1H3,(H,27,28)/t18-/m0/s1. The van der Waals surface area contributed by atoms with Crippen molar-refractivity contribution in [1.82, 2.24) is 0 Å². The lowest BCUT2D eigenvalue weighted by Crippen LogP contribution is -2.30. The van der Waals surface area contributed by atoms with Crippen molar-refractivity contribution in [3.8, 4) is 11.1 Å². The van der Waals surface area contributed by atoms with E-state index in [-0.39, 0.29) is 5.91 Å². The molecular formula is C26H21NO3. The molecule has 0 aliphatic heterocycles. The van der Waals surface area contributed by atoms with Crippen LogP contribution in [0.25, 0.3) is 21.9 Å². The number of amides is 1. The van der Waals surface area contributed by atoms with Gasteiger partial charge in [-0.2, -0.15) is 0 Å². The van der Waals surface area contributed by atoms with E-state index in [9.17, 15) is 9.59 Å². The number of rotatable bonds is 5. The fourth-order valence-corrected chi connectivity index (χ4v) is 3.29. The Hall–Kier alpha value is -3.92. The number of hydrogen-bond donors (Lipinski definition) is 1. The molecule has 0 radical (unpaired) electrons. The van der Waals surface area contributed by atoms with Crippen molar-refractivity contribution in [2.45, 2.75) is 13.0 Å². The molecule has 4 nitrogen and oxygen atoms in total. The maximum Gasteiger partial charge on any atom is 0.338 e. The van der Waals surface area contributed by atoms with Gasteiger partial charge in [0.05, 0.1) is 5.56 Å². The Morgan fingerprint density at radius 1 is 0.767 bits per heavy atom. The van der Waals surface area contributed by atoms with E-state index in [2.05, 4.69) is 5.32 Å². The number of carbonyl (C=O) groups is 2. The smallest absolute Gasteiger partial charge is 0.338 e. The van der Waals surface area contributed by atoms with Crippen molar-refractivity contribution in [2.75, 3.05) is 5.32 Å². The van der Waals surface area contributed by atoms with Gasteiger partial charge in [-0.3, -0.25) is 4.79 Å². The fourth-order valence-electron chi connectivity index (χ4n) is 3.29. The third-order valence-electron chi connectivity index (χ3n) is 4.91. The number of esters is 1. The van der Waals surface area contributed by atoms with Crippen LogP contribution in [0.2, 0.25) is 0 Å². The van der Waals surface area contributed by atoms with Gasteiger partial charge in [-0.05, 0) is 41.5 Å². The number of nitrogens with one attached hydrogen (secondary N) is 1. The summed E-state index contributed by atoms with van der Waals surface area (Å²) in [6.45, 7) is 1.57. The first kappa shape index (κ1) is 19.4. The number of para-hydroxylation sites is 1. The molecule has 0 unspecified atom stereocenters. The van der Waals surface area contributed by atoms with Crippen LogP contribution in [0.4, 0.5) is 5.69 Å². The molecule has 0 heterocycles. The molecular weight excluding hydrogens is 374 g/mol. The highest BCUT2D eigenvalue weighted by Crippen LogP contribution is 2.27. The van der Waals surface area contributed by atoms with Gasteiger partial charge in [0.25, 0.3) is 5.91 Å². The lowest BCUT2D eigenvalue weighted by atomic mass is 10.0. The third-order valence-corrected chi connectivity index (χ3v) is 4.91. The summed E-state index contributed by atoms with van der Waals surface area (Å²) in [6.07, 6.45) is -0.937. The van der Waals surface area contributed by atoms with E-state index < -0.39 is 12.1 Å². The predicted molar refractivity (Wildman–Crippen MR) is 119 cm³/mol. The second-order valence-electron chi connectivity index (χ2n) is 7.01. The molecule has 0 bridgehead atoms. The molecule has 0 aliphatic carbocycles. The topological polar surface area (TPSA) is 55.4 Å². The molecule has 0 fully saturated rings. The van der Waals surface area contributed by atoms with Crippen molar-refractivity contribution in [1.29, 1.82) is 0 Å². The summed E-state index contributed by atoms with van der Waals surface area (Å²) < 4.78 is 5.41. The van der Waals surface area contributed by atoms with Gasteiger partial charge in [-0.25, -0.2) is 4.79 Å². The number of fused-ring (bicyclic) bond motifs is 1. The van der Waals surface area contributed by atoms with Crippen LogP contribution in [0.1, 0.15) is 17.3 Å². The van der Waals surface area contributed by atoms with Crippen molar-refractivity contribution in [2.24, 2.45) is 0 Å². The minimum atomic E-state index is -0.937. The molecule has 1 N–H and O–H groups in total. The van der Waals surface area contributed by atoms with Gasteiger partial charge in [-0.15, -0.1) is 0 Å². The van der Waals surface area contributed by atoms with Crippen LogP contribution >= 0.6 is 0 Å². The molecule has 4 aromatic carbocycles. The van der Waals surface area contributed by atoms with Gasteiger partial charge < -0.3 is 10.1 Å². The van der Waals surface area contributed by atoms with Crippen molar-refractivity contribution < 1.29 is 14.3 Å². The van der Waals surface area contributed by atoms with E-state index in [4.69, 9.17) is 4.74 Å². The van der Waals surface area contributed by atoms with E-state index >= 15 is 0 Å². The van der Waals surface area contributed by atoms with E-state index in [0.29, 0.717) is 11.3 Å². The highest BCUT2D eigenvalue weighted by atomic mass is 16.5. The van der Waals surface area contributed by atoms with E-state index in [0.717, 1.165) is 21.9 Å². The van der Waals surface area contributed by atoms with Crippen LogP contribution in [0, 0.1) is 0 Å². The second kappa shape index (κ2) is 8.62. The van der Waals surface area contributed by atoms with Gasteiger partial charge in [-0.1, -0.05) is 78.9 Å². The number of ether oxygens (including phenoxy) is 1. The molecule has 4 heteroatoms. The van der Waals surface area contributed by atoms with Crippen LogP contribution in [-0.4, -0.2) is 18.0 Å². The van der Waals surface area contributed by atoms with Crippen molar-refractivity contribution in [3.63, 3.8) is 0 Å². The largest absolute Gasteiger partial charge is 0.449 e. The molecule has 1 atom stereocenters. The van der Waals surface area contributed by atoms with Crippen molar-refractivity contribution in [3.05, 3.63) is 103 Å². The second-order valence-corrected chi connectivity index (χ2v) is 7.01. The number of carbonyl (C=O) groups excluding carboxylic acids is 2. The van der Waals surface area contributed by atoms with Gasteiger partial charge >= 0.3 is 5.97 Å². The molecule has 0 aliphatic rings. The molecule has 0 spiro atoms. The maximum absolute atomic E-state index is 12.7. The zero-order valence-corrected chi connectivity index (χ0v) is 16.5. The Morgan fingerprint density at radius 3 is 2.23 bits per heavy atom. The van der Waals surface area contributed by atoms with Gasteiger partial charge in [0.1, 0.15) is 0 Å². The predicted octanol–water partition coefficient (Wildman–Crippen LogP) is 5.69. The lowest BCUT2D eigenvalue weighted by molar-refractivity contribution is -0.123. The SMILES string of the molecule is C[C@H](OC(=O)c1ccc2ccccc2c1)C(=O)Nc1ccccc1-c1ccccc1. The molecule has 30 heavy (non-hydrogen) atoms. The van der Waals surface area contributed by atoms with Gasteiger partial charge in [0.15, 0.2) is 6.10 Å². The minimum Gasteiger partial charge on any atom is -0.449 e. The Labute approximate surface area is 175 Å². The summed E-state index contributed by atoms with van der Waals surface area (Å²) in [5.74, 6) is -0.910. The summed E-state index contributed by atoms with van der Waals surface area (Å²) in [4.78, 5) is 25.2. The van der Waals surface area contributed by atoms with E-state index in [1.54, 1.807) is 19.1 Å². The van der Waals surface area contributed by atoms with Crippen LogP contribution in [-0.2, 0) is 9.53 Å². The summed E-state index contributed by atoms with van der Waals surface area (Å²) >= 11 is 0. The molecule has 0 aromatic heterocycles. The van der Waals surface area contributed by atoms with Crippen LogP contribution in [0.15, 0.2) is 97.1 Å². The average molecular weight is 395 g/mol. The van der Waals surface area contributed by atoms with Crippen molar-refractivity contribution >= 4 is 28.3 Å². The van der Waals surface area contributed by atoms with Crippen LogP contribution in [0.3, 0.4) is 0 Å². The Balaban J connectivity index is 1.47. The van der Waals surface area contributed by atoms with Gasteiger partial charge in [0.2, 0.25) is 0 Å². The summed E-state index contributed by atoms with van der Waals surface area (Å²) in [6, 6.07) is 30.5. The zero-order chi connectivity index (χ0) is 20.9. The molecule has 4 aromatic rings. The number of hydrogen-bond acceptors (Lipinski definition) is 3. The first-order valence-corrected chi connectivity index (χ1v) is 9.77. The molecule has 4 rings (SSSR count). The highest BCUT2D eigenvalue weighted by molar-refractivity contribution is 6.01. The fraction of sp³-hybridized carbons (Fsp3) is 0.0769. The highest BCUT2D eigenvalue weighted by Gasteiger charge is 2.20. The molecule has 1 amide bonds. The Bertz CT molecular complexity index is 1200. The normalized spacial score (nSPS) is 11.6. The van der Waals surface area contributed by atoms with Crippen LogP contribution in [0.5, 0.6) is 0 Å². The minimum absolute atomic E-state index is 0.382. The summed E-state index contributed by atoms with van der Waals surface area (Å²) in [7, 11) is 0. The lowest BCUT2D eigenvalue weighted by Gasteiger charge is -2.16. The average Bonchev–Trinajstić information content (AvgIpc) is 2.79. The number of benzene rings is 4. The quantitative estimate of drug-likeness (QED) is 0.442. The van der Waals surface area contributed by atoms with E-state index in [1.165, 1.54) is 0 Å². The molecule has 148 valence electrons. The molecule has 0 saturated carbocycles. The summed E-state index contributed by atoms with van der Waals surface area (Å²) in [5.41, 5.74) is 2.98. The number of anilines is 1. The first-order chi connectivity index (χ1) is 14.6. The van der Waals surface area contributed by atoms with E-state index in [1.807, 2.05) is 84.9 Å². The Kier molecular flexibility index (Phi) is 5.57. The molecule has 0 saturated heterocycles. The Morgan fingerprint density at radius 2 is 1.43 bits per heavy atom.